The highest BCUT2D eigenvalue weighted by Gasteiger charge is 2.16. The molecule has 0 aliphatic rings. The van der Waals surface area contributed by atoms with Gasteiger partial charge < -0.3 is 10.1 Å². The second-order valence-electron chi connectivity index (χ2n) is 7.26. The molecule has 9 nitrogen and oxygen atoms in total. The number of aryl methyl sites for hydroxylation is 2. The van der Waals surface area contributed by atoms with E-state index in [1.807, 2.05) is 24.3 Å². The first kappa shape index (κ1) is 22.3. The largest absolute Gasteiger partial charge is 0.458 e. The predicted octanol–water partition coefficient (Wildman–Crippen LogP) is 2.89. The van der Waals surface area contributed by atoms with Crippen molar-refractivity contribution in [1.29, 1.82) is 0 Å². The topological polar surface area (TPSA) is 116 Å². The van der Waals surface area contributed by atoms with Gasteiger partial charge in [-0.25, -0.2) is 4.68 Å². The highest BCUT2D eigenvalue weighted by atomic mass is 32.1. The van der Waals surface area contributed by atoms with E-state index in [0.29, 0.717) is 27.2 Å². The summed E-state index contributed by atoms with van der Waals surface area (Å²) in [6.45, 7) is 1.95. The fourth-order valence-electron chi connectivity index (χ4n) is 3.25. The number of carbonyl (C=O) groups excluding carboxylic acids is 2. The Morgan fingerprint density at radius 2 is 1.79 bits per heavy atom. The quantitative estimate of drug-likeness (QED) is 0.419. The third kappa shape index (κ3) is 5.12. The molecule has 0 bridgehead atoms. The third-order valence-corrected chi connectivity index (χ3v) is 5.88. The Morgan fingerprint density at radius 1 is 1.06 bits per heavy atom. The van der Waals surface area contributed by atoms with Gasteiger partial charge in [0.2, 0.25) is 5.01 Å². The summed E-state index contributed by atoms with van der Waals surface area (Å²) in [5.74, 6) is -0.904. The Hall–Kier alpha value is -3.92. The van der Waals surface area contributed by atoms with Crippen molar-refractivity contribution in [2.24, 2.45) is 7.05 Å². The van der Waals surface area contributed by atoms with Crippen LogP contribution in [0.15, 0.2) is 53.3 Å². The van der Waals surface area contributed by atoms with E-state index in [1.165, 1.54) is 17.3 Å². The minimum absolute atomic E-state index is 0.103. The molecule has 1 amide bonds. The van der Waals surface area contributed by atoms with Crippen molar-refractivity contribution in [1.82, 2.24) is 20.0 Å². The maximum atomic E-state index is 12.4. The Morgan fingerprint density at radius 3 is 2.52 bits per heavy atom. The maximum Gasteiger partial charge on any atom is 0.312 e. The van der Waals surface area contributed by atoms with E-state index < -0.39 is 5.97 Å². The predicted molar refractivity (Wildman–Crippen MR) is 124 cm³/mol. The van der Waals surface area contributed by atoms with Crippen LogP contribution in [-0.4, -0.2) is 31.9 Å². The number of amides is 1. The van der Waals surface area contributed by atoms with Crippen molar-refractivity contribution >= 4 is 39.7 Å². The molecule has 33 heavy (non-hydrogen) atoms. The molecule has 0 unspecified atom stereocenters. The summed E-state index contributed by atoms with van der Waals surface area (Å²) in [7, 11) is 1.54. The Balaban J connectivity index is 1.37. The van der Waals surface area contributed by atoms with Gasteiger partial charge in [0.25, 0.3) is 11.5 Å². The second kappa shape index (κ2) is 9.70. The molecule has 168 valence electrons. The van der Waals surface area contributed by atoms with Gasteiger partial charge >= 0.3 is 5.97 Å². The summed E-state index contributed by atoms with van der Waals surface area (Å²) in [5.41, 5.74) is 2.05. The normalized spacial score (nSPS) is 10.8. The number of hydrogen-bond donors (Lipinski definition) is 1. The molecule has 0 atom stereocenters. The summed E-state index contributed by atoms with van der Waals surface area (Å²) in [6.07, 6.45) is 0.815. The first-order valence-corrected chi connectivity index (χ1v) is 11.1. The number of ether oxygens (including phenoxy) is 1. The number of nitrogens with one attached hydrogen (secondary N) is 1. The van der Waals surface area contributed by atoms with E-state index in [-0.39, 0.29) is 29.5 Å². The monoisotopic (exact) mass is 463 g/mol. The Kier molecular flexibility index (Phi) is 6.55. The standard InChI is InChI=1S/C23H21N5O4S/c1-3-14-8-10-15(11-9-14)24-21(30)22-26-25-19(33-22)13-32-20(29)12-18-16-6-4-5-7-17(16)23(31)28(2)27-18/h4-11H,3,12-13H2,1-2H3,(H,24,30). The lowest BCUT2D eigenvalue weighted by atomic mass is 10.1. The van der Waals surface area contributed by atoms with Gasteiger partial charge in [-0.2, -0.15) is 5.10 Å². The number of anilines is 1. The molecule has 0 aliphatic carbocycles. The molecule has 0 spiro atoms. The molecule has 2 aromatic carbocycles. The molecule has 4 rings (SSSR count). The number of aromatic nitrogens is 4. The molecular formula is C23H21N5O4S. The number of fused-ring (bicyclic) bond motifs is 1. The van der Waals surface area contributed by atoms with Crippen LogP contribution in [0.3, 0.4) is 0 Å². The molecule has 2 heterocycles. The summed E-state index contributed by atoms with van der Waals surface area (Å²) < 4.78 is 6.50. The van der Waals surface area contributed by atoms with Crippen molar-refractivity contribution in [3.8, 4) is 0 Å². The zero-order chi connectivity index (χ0) is 23.4. The zero-order valence-electron chi connectivity index (χ0n) is 18.1. The molecule has 1 N–H and O–H groups in total. The van der Waals surface area contributed by atoms with E-state index in [9.17, 15) is 14.4 Å². The molecule has 0 saturated heterocycles. The van der Waals surface area contributed by atoms with Gasteiger partial charge in [-0.05, 0) is 30.2 Å². The van der Waals surface area contributed by atoms with Crippen LogP contribution in [0.1, 0.15) is 33.0 Å². The molecular weight excluding hydrogens is 442 g/mol. The van der Waals surface area contributed by atoms with E-state index in [2.05, 4.69) is 27.5 Å². The first-order valence-electron chi connectivity index (χ1n) is 10.3. The van der Waals surface area contributed by atoms with Crippen LogP contribution in [0, 0.1) is 0 Å². The molecule has 10 heteroatoms. The van der Waals surface area contributed by atoms with Crippen LogP contribution in [0.2, 0.25) is 0 Å². The average Bonchev–Trinajstić information content (AvgIpc) is 3.31. The summed E-state index contributed by atoms with van der Waals surface area (Å²) >= 11 is 1.05. The lowest BCUT2D eigenvalue weighted by Crippen LogP contribution is -2.22. The minimum atomic E-state index is -0.525. The van der Waals surface area contributed by atoms with Gasteiger partial charge in [-0.1, -0.05) is 48.6 Å². The highest BCUT2D eigenvalue weighted by molar-refractivity contribution is 7.13. The molecule has 0 fully saturated rings. The second-order valence-corrected chi connectivity index (χ2v) is 8.33. The van der Waals surface area contributed by atoms with Gasteiger partial charge in [0.1, 0.15) is 6.61 Å². The van der Waals surface area contributed by atoms with E-state index in [0.717, 1.165) is 17.8 Å². The van der Waals surface area contributed by atoms with Crippen LogP contribution in [0.5, 0.6) is 0 Å². The lowest BCUT2D eigenvalue weighted by molar-refractivity contribution is -0.144. The van der Waals surface area contributed by atoms with Crippen LogP contribution >= 0.6 is 11.3 Å². The van der Waals surface area contributed by atoms with Crippen LogP contribution in [0.25, 0.3) is 10.8 Å². The van der Waals surface area contributed by atoms with Crippen molar-refractivity contribution in [2.45, 2.75) is 26.4 Å². The lowest BCUT2D eigenvalue weighted by Gasteiger charge is -2.07. The number of esters is 1. The fraction of sp³-hybridized carbons (Fsp3) is 0.217. The van der Waals surface area contributed by atoms with E-state index >= 15 is 0 Å². The average molecular weight is 464 g/mol. The zero-order valence-corrected chi connectivity index (χ0v) is 18.9. The summed E-state index contributed by atoms with van der Waals surface area (Å²) in [4.78, 5) is 37.0. The summed E-state index contributed by atoms with van der Waals surface area (Å²) in [5, 5.41) is 16.5. The van der Waals surface area contributed by atoms with Crippen molar-refractivity contribution in [3.05, 3.63) is 80.2 Å². The molecule has 0 aliphatic heterocycles. The number of hydrogen-bond acceptors (Lipinski definition) is 8. The molecule has 4 aromatic rings. The van der Waals surface area contributed by atoms with Gasteiger partial charge in [0.05, 0.1) is 17.5 Å². The first-order chi connectivity index (χ1) is 15.9. The molecule has 2 aromatic heterocycles. The minimum Gasteiger partial charge on any atom is -0.458 e. The Labute approximate surface area is 193 Å². The maximum absolute atomic E-state index is 12.4. The van der Waals surface area contributed by atoms with Crippen LogP contribution in [-0.2, 0) is 36.0 Å². The smallest absolute Gasteiger partial charge is 0.312 e. The summed E-state index contributed by atoms with van der Waals surface area (Å²) in [6, 6.07) is 14.5. The fourth-order valence-corrected chi connectivity index (χ4v) is 3.90. The number of carbonyl (C=O) groups is 2. The number of rotatable bonds is 7. The molecule has 0 radical (unpaired) electrons. The van der Waals surface area contributed by atoms with Gasteiger partial charge in [-0.3, -0.25) is 14.4 Å². The van der Waals surface area contributed by atoms with Crippen LogP contribution in [0.4, 0.5) is 5.69 Å². The van der Waals surface area contributed by atoms with Gasteiger partial charge in [0.15, 0.2) is 5.01 Å². The van der Waals surface area contributed by atoms with Crippen LogP contribution < -0.4 is 10.9 Å². The van der Waals surface area contributed by atoms with Crippen molar-refractivity contribution in [3.63, 3.8) is 0 Å². The SMILES string of the molecule is CCc1ccc(NC(=O)c2nnc(COC(=O)Cc3nn(C)c(=O)c4ccccc34)s2)cc1. The molecule has 0 saturated carbocycles. The Bertz CT molecular complexity index is 1380. The van der Waals surface area contributed by atoms with E-state index in [4.69, 9.17) is 4.74 Å². The van der Waals surface area contributed by atoms with Gasteiger partial charge in [-0.15, -0.1) is 10.2 Å². The van der Waals surface area contributed by atoms with E-state index in [1.54, 1.807) is 24.3 Å². The highest BCUT2D eigenvalue weighted by Crippen LogP contribution is 2.17. The third-order valence-electron chi connectivity index (χ3n) is 4.98. The number of benzene rings is 2. The van der Waals surface area contributed by atoms with Crippen molar-refractivity contribution in [2.75, 3.05) is 5.32 Å². The van der Waals surface area contributed by atoms with Gasteiger partial charge in [0, 0.05) is 18.1 Å². The van der Waals surface area contributed by atoms with Crippen molar-refractivity contribution < 1.29 is 14.3 Å². The number of nitrogens with zero attached hydrogens (tertiary/aromatic N) is 4.